The molecule has 0 aromatic carbocycles. The number of nitrogens with zero attached hydrogens (tertiary/aromatic N) is 2. The Hall–Kier alpha value is -1.03. The molecule has 76 valence electrons. The molecular weight excluding hydrogens is 178 g/mol. The zero-order valence-corrected chi connectivity index (χ0v) is 8.20. The maximum Gasteiger partial charge on any atom is 0.127 e. The summed E-state index contributed by atoms with van der Waals surface area (Å²) in [6.45, 7) is 1.43. The second kappa shape index (κ2) is 2.98. The SMILES string of the molecule is Nc1c2c(nn1C1CCC1)CCOC2. The smallest absolute Gasteiger partial charge is 0.127 e. The molecule has 0 atom stereocenters. The molecule has 2 aliphatic rings. The number of nitrogen functional groups attached to an aromatic ring is 1. The van der Waals surface area contributed by atoms with Crippen LogP contribution >= 0.6 is 0 Å². The highest BCUT2D eigenvalue weighted by Gasteiger charge is 2.26. The fourth-order valence-corrected chi connectivity index (χ4v) is 2.14. The second-order valence-corrected chi connectivity index (χ2v) is 4.14. The molecule has 0 amide bonds. The van der Waals surface area contributed by atoms with Crippen molar-refractivity contribution in [3.05, 3.63) is 11.3 Å². The molecule has 4 nitrogen and oxygen atoms in total. The van der Waals surface area contributed by atoms with Gasteiger partial charge >= 0.3 is 0 Å². The quantitative estimate of drug-likeness (QED) is 0.730. The van der Waals surface area contributed by atoms with Crippen LogP contribution in [-0.4, -0.2) is 16.4 Å². The van der Waals surface area contributed by atoms with E-state index in [9.17, 15) is 0 Å². The van der Waals surface area contributed by atoms with E-state index in [1.54, 1.807) is 0 Å². The Bertz CT molecular complexity index is 354. The number of rotatable bonds is 1. The standard InChI is InChI=1S/C10H15N3O/c11-10-8-6-14-5-4-9(8)12-13(10)7-2-1-3-7/h7H,1-6,11H2. The van der Waals surface area contributed by atoms with Crippen molar-refractivity contribution >= 4 is 5.82 Å². The lowest BCUT2D eigenvalue weighted by atomic mass is 9.93. The Morgan fingerprint density at radius 2 is 2.29 bits per heavy atom. The van der Waals surface area contributed by atoms with Crippen molar-refractivity contribution in [1.82, 2.24) is 9.78 Å². The first-order valence-electron chi connectivity index (χ1n) is 5.30. The topological polar surface area (TPSA) is 53.1 Å². The van der Waals surface area contributed by atoms with E-state index >= 15 is 0 Å². The van der Waals surface area contributed by atoms with Gasteiger partial charge < -0.3 is 10.5 Å². The Morgan fingerprint density at radius 3 is 2.93 bits per heavy atom. The molecule has 14 heavy (non-hydrogen) atoms. The Kier molecular flexibility index (Phi) is 1.77. The zero-order valence-electron chi connectivity index (χ0n) is 8.20. The number of hydrogen-bond acceptors (Lipinski definition) is 3. The number of fused-ring (bicyclic) bond motifs is 1. The molecule has 2 N–H and O–H groups in total. The minimum absolute atomic E-state index is 0.556. The van der Waals surface area contributed by atoms with Gasteiger partial charge in [-0.3, -0.25) is 0 Å². The van der Waals surface area contributed by atoms with E-state index in [1.807, 2.05) is 4.68 Å². The van der Waals surface area contributed by atoms with Crippen molar-refractivity contribution in [2.24, 2.45) is 0 Å². The van der Waals surface area contributed by atoms with Crippen molar-refractivity contribution < 1.29 is 4.74 Å². The summed E-state index contributed by atoms with van der Waals surface area (Å²) in [7, 11) is 0. The molecule has 1 aromatic heterocycles. The first kappa shape index (κ1) is 8.29. The van der Waals surface area contributed by atoms with Gasteiger partial charge in [0.15, 0.2) is 0 Å². The van der Waals surface area contributed by atoms with Crippen LogP contribution in [0.5, 0.6) is 0 Å². The predicted molar refractivity (Wildman–Crippen MR) is 52.9 cm³/mol. The van der Waals surface area contributed by atoms with Crippen molar-refractivity contribution in [2.45, 2.75) is 38.3 Å². The number of hydrogen-bond donors (Lipinski definition) is 1. The van der Waals surface area contributed by atoms with Crippen LogP contribution in [0.2, 0.25) is 0 Å². The molecule has 0 bridgehead atoms. The fraction of sp³-hybridized carbons (Fsp3) is 0.700. The summed E-state index contributed by atoms with van der Waals surface area (Å²) in [6.07, 6.45) is 4.68. The van der Waals surface area contributed by atoms with Gasteiger partial charge in [-0.05, 0) is 19.3 Å². The van der Waals surface area contributed by atoms with Gasteiger partial charge in [-0.25, -0.2) is 4.68 Å². The van der Waals surface area contributed by atoms with E-state index in [2.05, 4.69) is 5.10 Å². The largest absolute Gasteiger partial charge is 0.384 e. The zero-order chi connectivity index (χ0) is 9.54. The van der Waals surface area contributed by atoms with Crippen LogP contribution in [0.3, 0.4) is 0 Å². The first-order valence-corrected chi connectivity index (χ1v) is 5.30. The van der Waals surface area contributed by atoms with Crippen molar-refractivity contribution in [1.29, 1.82) is 0 Å². The molecule has 0 radical (unpaired) electrons. The molecule has 1 aliphatic carbocycles. The maximum atomic E-state index is 6.05. The monoisotopic (exact) mass is 193 g/mol. The summed E-state index contributed by atoms with van der Waals surface area (Å²) in [5, 5.41) is 4.58. The lowest BCUT2D eigenvalue weighted by molar-refractivity contribution is 0.110. The van der Waals surface area contributed by atoms with Gasteiger partial charge in [0, 0.05) is 12.0 Å². The van der Waals surface area contributed by atoms with Crippen LogP contribution in [0.15, 0.2) is 0 Å². The summed E-state index contributed by atoms with van der Waals surface area (Å²) in [5.41, 5.74) is 8.34. The summed E-state index contributed by atoms with van der Waals surface area (Å²) in [5.74, 6) is 0.837. The van der Waals surface area contributed by atoms with Crippen molar-refractivity contribution in [2.75, 3.05) is 12.3 Å². The lowest BCUT2D eigenvalue weighted by Gasteiger charge is -2.26. The van der Waals surface area contributed by atoms with Crippen LogP contribution < -0.4 is 5.73 Å². The molecule has 4 heteroatoms. The molecule has 0 spiro atoms. The third-order valence-electron chi connectivity index (χ3n) is 3.28. The Morgan fingerprint density at radius 1 is 1.43 bits per heavy atom. The van der Waals surface area contributed by atoms with Gasteiger partial charge in [-0.2, -0.15) is 5.10 Å². The van der Waals surface area contributed by atoms with E-state index < -0.39 is 0 Å². The van der Waals surface area contributed by atoms with E-state index in [1.165, 1.54) is 19.3 Å². The number of aromatic nitrogens is 2. The molecule has 2 heterocycles. The summed E-state index contributed by atoms with van der Waals surface area (Å²) >= 11 is 0. The van der Waals surface area contributed by atoms with Gasteiger partial charge in [0.2, 0.25) is 0 Å². The third-order valence-corrected chi connectivity index (χ3v) is 3.28. The molecular formula is C10H15N3O. The second-order valence-electron chi connectivity index (χ2n) is 4.14. The highest BCUT2D eigenvalue weighted by Crippen LogP contribution is 2.35. The Balaban J connectivity index is 2.00. The summed E-state index contributed by atoms with van der Waals surface area (Å²) in [6, 6.07) is 0.556. The molecule has 1 aromatic rings. The highest BCUT2D eigenvalue weighted by atomic mass is 16.5. The number of ether oxygens (including phenoxy) is 1. The van der Waals surface area contributed by atoms with Gasteiger partial charge in [0.1, 0.15) is 5.82 Å². The lowest BCUT2D eigenvalue weighted by Crippen LogP contribution is -2.20. The average Bonchev–Trinajstić information content (AvgIpc) is 2.43. The predicted octanol–water partition coefficient (Wildman–Crippen LogP) is 1.26. The highest BCUT2D eigenvalue weighted by molar-refractivity contribution is 5.44. The molecule has 3 rings (SSSR count). The van der Waals surface area contributed by atoms with E-state index in [0.717, 1.165) is 30.1 Å². The van der Waals surface area contributed by atoms with Crippen molar-refractivity contribution in [3.63, 3.8) is 0 Å². The van der Waals surface area contributed by atoms with E-state index in [0.29, 0.717) is 12.6 Å². The number of nitrogens with two attached hydrogens (primary N) is 1. The molecule has 1 saturated carbocycles. The summed E-state index contributed by atoms with van der Waals surface area (Å²) < 4.78 is 7.40. The molecule has 0 saturated heterocycles. The Labute approximate surface area is 83.0 Å². The van der Waals surface area contributed by atoms with Gasteiger partial charge in [0.05, 0.1) is 24.9 Å². The van der Waals surface area contributed by atoms with Crippen LogP contribution in [-0.2, 0) is 17.8 Å². The minimum Gasteiger partial charge on any atom is -0.384 e. The minimum atomic E-state index is 0.556. The van der Waals surface area contributed by atoms with Crippen LogP contribution in [0.4, 0.5) is 5.82 Å². The third kappa shape index (κ3) is 1.07. The van der Waals surface area contributed by atoms with Crippen LogP contribution in [0, 0.1) is 0 Å². The van der Waals surface area contributed by atoms with Crippen LogP contribution in [0.25, 0.3) is 0 Å². The van der Waals surface area contributed by atoms with Crippen LogP contribution in [0.1, 0.15) is 36.6 Å². The normalized spacial score (nSPS) is 21.7. The molecule has 1 aliphatic heterocycles. The van der Waals surface area contributed by atoms with Crippen molar-refractivity contribution in [3.8, 4) is 0 Å². The first-order chi connectivity index (χ1) is 6.86. The van der Waals surface area contributed by atoms with Gasteiger partial charge in [-0.15, -0.1) is 0 Å². The van der Waals surface area contributed by atoms with E-state index in [-0.39, 0.29) is 0 Å². The van der Waals surface area contributed by atoms with E-state index in [4.69, 9.17) is 10.5 Å². The van der Waals surface area contributed by atoms with Gasteiger partial charge in [0.25, 0.3) is 0 Å². The molecule has 1 fully saturated rings. The summed E-state index contributed by atoms with van der Waals surface area (Å²) in [4.78, 5) is 0. The maximum absolute atomic E-state index is 6.05. The molecule has 0 unspecified atom stereocenters. The average molecular weight is 193 g/mol. The number of anilines is 1. The fourth-order valence-electron chi connectivity index (χ4n) is 2.14. The van der Waals surface area contributed by atoms with Gasteiger partial charge in [-0.1, -0.05) is 0 Å².